The number of thioether (sulfide) groups is 1. The molecule has 0 saturated heterocycles. The summed E-state index contributed by atoms with van der Waals surface area (Å²) in [7, 11) is 0. The molecule has 3 aromatic carbocycles. The maximum absolute atomic E-state index is 14.2. The highest BCUT2D eigenvalue weighted by Crippen LogP contribution is 2.63. The molecule has 3 aromatic rings. The van der Waals surface area contributed by atoms with E-state index < -0.39 is 28.5 Å². The van der Waals surface area contributed by atoms with Crippen molar-refractivity contribution in [2.24, 2.45) is 17.3 Å². The minimum atomic E-state index is -4.39. The zero-order chi connectivity index (χ0) is 29.4. The molecule has 3 atom stereocenters. The number of alkyl halides is 3. The number of anilines is 1. The van der Waals surface area contributed by atoms with E-state index in [-0.39, 0.29) is 47.6 Å². The summed E-state index contributed by atoms with van der Waals surface area (Å²) < 4.78 is 38.7. The molecule has 8 rings (SSSR count). The number of rotatable bonds is 6. The largest absolute Gasteiger partial charge is 0.480 e. The molecule has 220 valence electrons. The predicted octanol–water partition coefficient (Wildman–Crippen LogP) is 6.66. The van der Waals surface area contributed by atoms with E-state index in [0.717, 1.165) is 22.8 Å². The molecule has 0 aromatic heterocycles. The maximum atomic E-state index is 14.2. The van der Waals surface area contributed by atoms with Crippen molar-refractivity contribution in [1.82, 2.24) is 4.90 Å². The first-order valence-corrected chi connectivity index (χ1v) is 15.1. The highest BCUT2D eigenvalue weighted by atomic mass is 32.2. The quantitative estimate of drug-likeness (QED) is 0.310. The number of carboxylic acid groups (broad SMARTS) is 1. The molecule has 1 amide bonds. The molecule has 2 N–H and O–H groups in total. The first-order valence-electron chi connectivity index (χ1n) is 14.3. The topological polar surface area (TPSA) is 81.1 Å². The van der Waals surface area contributed by atoms with Gasteiger partial charge in [-0.25, -0.2) is 4.79 Å². The Morgan fingerprint density at radius 2 is 1.69 bits per heavy atom. The third-order valence-electron chi connectivity index (χ3n) is 9.76. The van der Waals surface area contributed by atoms with E-state index in [2.05, 4.69) is 0 Å². The third-order valence-corrected chi connectivity index (χ3v) is 10.5. The van der Waals surface area contributed by atoms with Crippen LogP contribution >= 0.6 is 11.8 Å². The number of carboxylic acids is 1. The van der Waals surface area contributed by atoms with Crippen LogP contribution in [0.25, 0.3) is 10.8 Å². The van der Waals surface area contributed by atoms with Gasteiger partial charge in [0.05, 0.1) is 23.5 Å². The summed E-state index contributed by atoms with van der Waals surface area (Å²) in [5.74, 6) is -0.914. The zero-order valence-corrected chi connectivity index (χ0v) is 23.6. The van der Waals surface area contributed by atoms with Gasteiger partial charge >= 0.3 is 11.5 Å². The van der Waals surface area contributed by atoms with Crippen LogP contribution in [-0.4, -0.2) is 50.8 Å². The number of hydrogen-bond donors (Lipinski definition) is 2. The van der Waals surface area contributed by atoms with Crippen LogP contribution < -0.4 is 4.90 Å². The monoisotopic (exact) mass is 596 g/mol. The molecular weight excluding hydrogens is 565 g/mol. The van der Waals surface area contributed by atoms with Crippen LogP contribution in [0.5, 0.6) is 0 Å². The van der Waals surface area contributed by atoms with Crippen LogP contribution in [-0.2, 0) is 11.3 Å². The average Bonchev–Trinajstić information content (AvgIpc) is 2.89. The normalized spacial score (nSPS) is 29.2. The van der Waals surface area contributed by atoms with E-state index in [9.17, 15) is 33.0 Å². The average molecular weight is 597 g/mol. The summed E-state index contributed by atoms with van der Waals surface area (Å²) in [4.78, 5) is 30.9. The Bertz CT molecular complexity index is 1560. The zero-order valence-electron chi connectivity index (χ0n) is 22.8. The second-order valence-electron chi connectivity index (χ2n) is 12.8. The fourth-order valence-electron chi connectivity index (χ4n) is 8.92. The lowest BCUT2D eigenvalue weighted by molar-refractivity contribution is -0.191. The SMILES string of the molecule is O=C(O)C(N1CN(Cc2ccc(SC(F)(F)F)cc2)c2c(ccc3ccccc23)C1=O)C12CC3CC(CC(O)(C3)C1)C2. The van der Waals surface area contributed by atoms with Crippen molar-refractivity contribution in [2.45, 2.75) is 67.1 Å². The molecule has 0 radical (unpaired) electrons. The van der Waals surface area contributed by atoms with E-state index in [4.69, 9.17) is 0 Å². The second kappa shape index (κ2) is 9.64. The van der Waals surface area contributed by atoms with Crippen molar-refractivity contribution in [3.63, 3.8) is 0 Å². The Labute approximate surface area is 245 Å². The van der Waals surface area contributed by atoms with Crippen molar-refractivity contribution in [3.05, 3.63) is 71.8 Å². The molecule has 1 aliphatic heterocycles. The second-order valence-corrected chi connectivity index (χ2v) is 13.9. The summed E-state index contributed by atoms with van der Waals surface area (Å²) in [6, 6.07) is 16.3. The van der Waals surface area contributed by atoms with Gasteiger partial charge in [-0.15, -0.1) is 0 Å². The fraction of sp³-hybridized carbons (Fsp3) is 0.438. The Kier molecular flexibility index (Phi) is 6.33. The lowest BCUT2D eigenvalue weighted by Crippen LogP contribution is -2.66. The molecule has 42 heavy (non-hydrogen) atoms. The van der Waals surface area contributed by atoms with Gasteiger partial charge in [-0.1, -0.05) is 42.5 Å². The van der Waals surface area contributed by atoms with Gasteiger partial charge in [-0.3, -0.25) is 4.79 Å². The summed E-state index contributed by atoms with van der Waals surface area (Å²) in [6.07, 6.45) is 4.10. The minimum absolute atomic E-state index is 0.0192. The molecule has 4 bridgehead atoms. The first kappa shape index (κ1) is 27.6. The maximum Gasteiger partial charge on any atom is 0.446 e. The molecule has 0 spiro atoms. The standard InChI is InChI=1S/C32H31F3N2O4S/c33-32(34,35)42-23-8-5-19(6-9-23)16-36-18-37(28(38)25-10-7-22-3-1-2-4-24(22)26(25)36)27(29(39)40)30-12-20-11-21(13-30)15-31(41,14-20)17-30/h1-10,20-21,27,41H,11-18H2,(H,39,40). The van der Waals surface area contributed by atoms with E-state index in [1.165, 1.54) is 17.0 Å². The number of aliphatic carboxylic acids is 1. The van der Waals surface area contributed by atoms with Crippen LogP contribution in [0.2, 0.25) is 0 Å². The molecule has 10 heteroatoms. The van der Waals surface area contributed by atoms with Gasteiger partial charge in [0.15, 0.2) is 0 Å². The lowest BCUT2D eigenvalue weighted by Gasteiger charge is -2.63. The lowest BCUT2D eigenvalue weighted by atomic mass is 9.46. The number of carbonyl (C=O) groups is 2. The minimum Gasteiger partial charge on any atom is -0.480 e. The summed E-state index contributed by atoms with van der Waals surface area (Å²) in [5, 5.41) is 23.9. The summed E-state index contributed by atoms with van der Waals surface area (Å²) >= 11 is -0.172. The smallest absolute Gasteiger partial charge is 0.446 e. The van der Waals surface area contributed by atoms with Crippen LogP contribution in [0.15, 0.2) is 65.6 Å². The molecule has 6 nitrogen and oxygen atoms in total. The highest BCUT2D eigenvalue weighted by Gasteiger charge is 2.63. The van der Waals surface area contributed by atoms with Crippen molar-refractivity contribution >= 4 is 40.1 Å². The van der Waals surface area contributed by atoms with Crippen LogP contribution in [0, 0.1) is 17.3 Å². The number of halogens is 3. The molecule has 5 aliphatic rings. The summed E-state index contributed by atoms with van der Waals surface area (Å²) in [6.45, 7) is 0.293. The van der Waals surface area contributed by atoms with Gasteiger partial charge in [-0.05, 0) is 91.3 Å². The predicted molar refractivity (Wildman–Crippen MR) is 153 cm³/mol. The fourth-order valence-corrected chi connectivity index (χ4v) is 9.46. The van der Waals surface area contributed by atoms with Gasteiger partial charge in [0.25, 0.3) is 5.91 Å². The Hall–Kier alpha value is -3.24. The number of aliphatic hydroxyl groups is 1. The molecule has 4 saturated carbocycles. The van der Waals surface area contributed by atoms with Gasteiger partial charge in [0.1, 0.15) is 6.04 Å². The van der Waals surface area contributed by atoms with Gasteiger partial charge in [0, 0.05) is 22.2 Å². The molecule has 4 fully saturated rings. The van der Waals surface area contributed by atoms with Crippen LogP contribution in [0.3, 0.4) is 0 Å². The molecule has 4 aliphatic carbocycles. The van der Waals surface area contributed by atoms with E-state index in [1.807, 2.05) is 35.2 Å². The van der Waals surface area contributed by atoms with E-state index in [0.29, 0.717) is 43.4 Å². The number of carbonyl (C=O) groups excluding carboxylic acids is 1. The number of amides is 1. The highest BCUT2D eigenvalue weighted by molar-refractivity contribution is 8.00. The van der Waals surface area contributed by atoms with Gasteiger partial charge in [-0.2, -0.15) is 13.2 Å². The number of nitrogens with zero attached hydrogens (tertiary/aromatic N) is 2. The Morgan fingerprint density at radius 3 is 2.33 bits per heavy atom. The first-order chi connectivity index (χ1) is 19.9. The number of benzene rings is 3. The van der Waals surface area contributed by atoms with Crippen LogP contribution in [0.1, 0.15) is 54.4 Å². The van der Waals surface area contributed by atoms with Crippen LogP contribution in [0.4, 0.5) is 18.9 Å². The van der Waals surface area contributed by atoms with Crippen molar-refractivity contribution in [1.29, 1.82) is 0 Å². The van der Waals surface area contributed by atoms with E-state index >= 15 is 0 Å². The molecular formula is C32H31F3N2O4S. The van der Waals surface area contributed by atoms with Crippen molar-refractivity contribution in [2.75, 3.05) is 11.6 Å². The van der Waals surface area contributed by atoms with Gasteiger partial charge < -0.3 is 20.0 Å². The van der Waals surface area contributed by atoms with Crippen molar-refractivity contribution in [3.8, 4) is 0 Å². The van der Waals surface area contributed by atoms with E-state index in [1.54, 1.807) is 18.2 Å². The van der Waals surface area contributed by atoms with Crippen molar-refractivity contribution < 1.29 is 33.0 Å². The summed E-state index contributed by atoms with van der Waals surface area (Å²) in [5.41, 5.74) is -4.15. The number of fused-ring (bicyclic) bond motifs is 3. The molecule has 1 heterocycles. The third kappa shape index (κ3) is 4.72. The molecule has 3 unspecified atom stereocenters. The van der Waals surface area contributed by atoms with Gasteiger partial charge in [0.2, 0.25) is 0 Å². The number of hydrogen-bond acceptors (Lipinski definition) is 5. The Balaban J connectivity index is 1.29. The Morgan fingerprint density at radius 1 is 1.00 bits per heavy atom.